The summed E-state index contributed by atoms with van der Waals surface area (Å²) in [6, 6.07) is 25.8. The number of nitrogens with one attached hydrogen (secondary N) is 2. The van der Waals surface area contributed by atoms with Gasteiger partial charge < -0.3 is 29.7 Å². The second kappa shape index (κ2) is 20.6. The van der Waals surface area contributed by atoms with Crippen molar-refractivity contribution in [3.05, 3.63) is 119 Å². The number of piperidine rings is 1. The monoisotopic (exact) mass is 838 g/mol. The predicted molar refractivity (Wildman–Crippen MR) is 230 cm³/mol. The second-order valence-electron chi connectivity index (χ2n) is 15.2. The van der Waals surface area contributed by atoms with Crippen molar-refractivity contribution in [2.24, 2.45) is 5.92 Å². The maximum atomic E-state index is 14.2. The molecule has 0 spiro atoms. The third-order valence-corrected chi connectivity index (χ3v) is 13.3. The number of aryl methyl sites for hydroxylation is 2. The lowest BCUT2D eigenvalue weighted by atomic mass is 9.86. The van der Waals surface area contributed by atoms with Crippen LogP contribution in [0.4, 0.5) is 17.1 Å². The number of ether oxygens (including phenoxy) is 3. The van der Waals surface area contributed by atoms with E-state index in [-0.39, 0.29) is 58.8 Å². The van der Waals surface area contributed by atoms with E-state index in [0.717, 1.165) is 62.0 Å². The number of nitrogens with zero attached hydrogens (tertiary/aromatic N) is 2. The largest absolute Gasteiger partial charge is 0.469 e. The number of carbonyl (C=O) groups excluding carboxylic acids is 4. The lowest BCUT2D eigenvalue weighted by Gasteiger charge is -2.35. The van der Waals surface area contributed by atoms with Crippen LogP contribution in [0.3, 0.4) is 0 Å². The first-order valence-corrected chi connectivity index (χ1v) is 21.9. The quantitative estimate of drug-likeness (QED) is 0.111. The summed E-state index contributed by atoms with van der Waals surface area (Å²) in [6.07, 6.45) is 6.74. The molecule has 1 saturated carbocycles. The van der Waals surface area contributed by atoms with E-state index in [1.54, 1.807) is 24.3 Å². The molecule has 2 N–H and O–H groups in total. The van der Waals surface area contributed by atoms with E-state index in [4.69, 9.17) is 14.2 Å². The summed E-state index contributed by atoms with van der Waals surface area (Å²) in [6.45, 7) is 2.01. The van der Waals surface area contributed by atoms with Crippen LogP contribution in [-0.4, -0.2) is 90.1 Å². The zero-order valence-electron chi connectivity index (χ0n) is 34.5. The molecule has 60 heavy (non-hydrogen) atoms. The highest BCUT2D eigenvalue weighted by Crippen LogP contribution is 2.32. The number of carbonyl (C=O) groups is 4. The Labute approximate surface area is 352 Å². The van der Waals surface area contributed by atoms with E-state index < -0.39 is 21.8 Å². The Kier molecular flexibility index (Phi) is 15.1. The predicted octanol–water partition coefficient (Wildman–Crippen LogP) is 7.12. The van der Waals surface area contributed by atoms with Crippen LogP contribution in [0, 0.1) is 5.92 Å². The van der Waals surface area contributed by atoms with E-state index >= 15 is 0 Å². The Morgan fingerprint density at radius 2 is 1.38 bits per heavy atom. The molecule has 318 valence electrons. The molecule has 2 aliphatic rings. The lowest BCUT2D eigenvalue weighted by Crippen LogP contribution is -2.44. The molecule has 2 amide bonds. The van der Waals surface area contributed by atoms with Gasteiger partial charge in [0.1, 0.15) is 0 Å². The van der Waals surface area contributed by atoms with E-state index in [9.17, 15) is 27.6 Å². The SMILES string of the molecule is COCCN(C1CCC(C(=O)OC)CC1)S(=O)(=O)c1cccc(C(=O)Nc2ccc(N3CCCCC3)cc2C(=O)Nc2ccc(CCc3ccc(C(=O)OC)cc3)cc2)c1. The molecule has 4 aromatic rings. The second-order valence-corrected chi connectivity index (χ2v) is 17.1. The molecule has 6 rings (SSSR count). The first kappa shape index (κ1) is 44.0. The Balaban J connectivity index is 1.18. The molecule has 14 heteroatoms. The minimum Gasteiger partial charge on any atom is -0.469 e. The molecule has 13 nitrogen and oxygen atoms in total. The van der Waals surface area contributed by atoms with Crippen LogP contribution in [0.2, 0.25) is 0 Å². The fourth-order valence-corrected chi connectivity index (χ4v) is 9.63. The summed E-state index contributed by atoms with van der Waals surface area (Å²) < 4.78 is 44.8. The molecule has 0 unspecified atom stereocenters. The number of esters is 2. The van der Waals surface area contributed by atoms with Gasteiger partial charge in [-0.05, 0) is 130 Å². The van der Waals surface area contributed by atoms with Gasteiger partial charge in [-0.3, -0.25) is 14.4 Å². The minimum absolute atomic E-state index is 0.0420. The van der Waals surface area contributed by atoms with Crippen molar-refractivity contribution >= 4 is 50.8 Å². The van der Waals surface area contributed by atoms with Gasteiger partial charge in [0, 0.05) is 49.7 Å². The highest BCUT2D eigenvalue weighted by atomic mass is 32.2. The molecule has 4 aromatic carbocycles. The van der Waals surface area contributed by atoms with E-state index in [1.165, 1.54) is 49.9 Å². The Bertz CT molecular complexity index is 2230. The van der Waals surface area contributed by atoms with Gasteiger partial charge in [0.15, 0.2) is 0 Å². The Morgan fingerprint density at radius 1 is 0.717 bits per heavy atom. The number of rotatable bonds is 16. The van der Waals surface area contributed by atoms with Gasteiger partial charge >= 0.3 is 11.9 Å². The first-order valence-electron chi connectivity index (χ1n) is 20.5. The third kappa shape index (κ3) is 11.0. The van der Waals surface area contributed by atoms with Crippen LogP contribution in [0.5, 0.6) is 0 Å². The summed E-state index contributed by atoms with van der Waals surface area (Å²) in [7, 11) is 0.145. The highest BCUT2D eigenvalue weighted by Gasteiger charge is 2.36. The topological polar surface area (TPSA) is 161 Å². The molecule has 2 fully saturated rings. The van der Waals surface area contributed by atoms with Crippen molar-refractivity contribution in [3.8, 4) is 0 Å². The molecule has 0 radical (unpaired) electrons. The smallest absolute Gasteiger partial charge is 0.337 e. The molecule has 1 aliphatic heterocycles. The normalized spacial score (nSPS) is 16.8. The van der Waals surface area contributed by atoms with Gasteiger partial charge in [0.2, 0.25) is 10.0 Å². The van der Waals surface area contributed by atoms with E-state index in [2.05, 4.69) is 15.5 Å². The van der Waals surface area contributed by atoms with E-state index in [0.29, 0.717) is 36.9 Å². The van der Waals surface area contributed by atoms with Crippen LogP contribution in [0.15, 0.2) is 95.9 Å². The summed E-state index contributed by atoms with van der Waals surface area (Å²) in [4.78, 5) is 54.0. The van der Waals surface area contributed by atoms with Crippen molar-refractivity contribution in [2.45, 2.75) is 68.7 Å². The maximum Gasteiger partial charge on any atom is 0.337 e. The molecule has 0 atom stereocenters. The molecule has 1 aliphatic carbocycles. The lowest BCUT2D eigenvalue weighted by molar-refractivity contribution is -0.146. The standard InChI is InChI=1S/C46H54N4O9S/c1-57-29-28-50(38-22-18-35(19-23-38)46(54)59-3)60(55,56)40-9-7-8-36(30-40)43(51)48-42-25-24-39(49-26-5-4-6-27-49)31-41(42)44(52)47-37-20-14-33(15-21-37)11-10-32-12-16-34(17-13-32)45(53)58-2/h7-9,12-17,20-21,24-25,30-31,35,38H,4-6,10-11,18-19,22-23,26-29H2,1-3H3,(H,47,52)(H,48,51). The number of methoxy groups -OCH3 is 3. The fraction of sp³-hybridized carbons (Fsp3) is 0.391. The van der Waals surface area contributed by atoms with Crippen molar-refractivity contribution in [1.29, 1.82) is 0 Å². The maximum absolute atomic E-state index is 14.2. The zero-order valence-corrected chi connectivity index (χ0v) is 35.3. The van der Waals surface area contributed by atoms with Crippen molar-refractivity contribution in [2.75, 3.05) is 63.1 Å². The summed E-state index contributed by atoms with van der Waals surface area (Å²) >= 11 is 0. The Hall–Kier alpha value is -5.57. The summed E-state index contributed by atoms with van der Waals surface area (Å²) in [5.41, 5.74) is 4.77. The van der Waals surface area contributed by atoms with Gasteiger partial charge in [-0.2, -0.15) is 4.31 Å². The summed E-state index contributed by atoms with van der Waals surface area (Å²) in [5, 5.41) is 5.88. The number of hydrogen-bond donors (Lipinski definition) is 2. The van der Waals surface area contributed by atoms with Crippen molar-refractivity contribution in [1.82, 2.24) is 4.31 Å². The minimum atomic E-state index is -4.07. The van der Waals surface area contributed by atoms with Crippen LogP contribution in [0.25, 0.3) is 0 Å². The van der Waals surface area contributed by atoms with Crippen molar-refractivity contribution < 1.29 is 41.8 Å². The van der Waals surface area contributed by atoms with Crippen LogP contribution in [0.1, 0.15) is 87.1 Å². The fourth-order valence-electron chi connectivity index (χ4n) is 7.92. The van der Waals surface area contributed by atoms with Crippen LogP contribution < -0.4 is 15.5 Å². The molecule has 1 saturated heterocycles. The molecule has 0 aromatic heterocycles. The van der Waals surface area contributed by atoms with Crippen LogP contribution >= 0.6 is 0 Å². The molecule has 1 heterocycles. The number of sulfonamides is 1. The van der Waals surface area contributed by atoms with Crippen LogP contribution in [-0.2, 0) is 41.9 Å². The zero-order chi connectivity index (χ0) is 42.6. The average Bonchev–Trinajstić information content (AvgIpc) is 3.29. The van der Waals surface area contributed by atoms with E-state index in [1.807, 2.05) is 42.5 Å². The molecular formula is C46H54N4O9S. The average molecular weight is 839 g/mol. The number of amides is 2. The third-order valence-electron chi connectivity index (χ3n) is 11.4. The van der Waals surface area contributed by atoms with Crippen molar-refractivity contribution in [3.63, 3.8) is 0 Å². The van der Waals surface area contributed by atoms with Gasteiger partial charge in [0.25, 0.3) is 11.8 Å². The van der Waals surface area contributed by atoms with Gasteiger partial charge in [0.05, 0.1) is 48.5 Å². The number of benzene rings is 4. The summed E-state index contributed by atoms with van der Waals surface area (Å²) in [5.74, 6) is -1.91. The Morgan fingerprint density at radius 3 is 2.02 bits per heavy atom. The van der Waals surface area contributed by atoms with Gasteiger partial charge in [-0.1, -0.05) is 30.3 Å². The van der Waals surface area contributed by atoms with Gasteiger partial charge in [-0.15, -0.1) is 0 Å². The first-order chi connectivity index (χ1) is 29.0. The van der Waals surface area contributed by atoms with Gasteiger partial charge in [-0.25, -0.2) is 13.2 Å². The number of hydrogen-bond acceptors (Lipinski definition) is 10. The highest BCUT2D eigenvalue weighted by molar-refractivity contribution is 7.89. The molecular weight excluding hydrogens is 785 g/mol. The number of anilines is 3. The molecule has 0 bridgehead atoms.